The molecule has 1 fully saturated rings. The van der Waals surface area contributed by atoms with Crippen LogP contribution in [-0.2, 0) is 11.3 Å². The SMILES string of the molecule is NC(=O)CCC1(O)CCCN(Cc2ccc(Cl)c(F)c2)C1. The van der Waals surface area contributed by atoms with Crippen molar-refractivity contribution in [1.82, 2.24) is 4.90 Å². The molecule has 1 saturated heterocycles. The number of hydrogen-bond acceptors (Lipinski definition) is 3. The van der Waals surface area contributed by atoms with Gasteiger partial charge >= 0.3 is 0 Å². The fraction of sp³-hybridized carbons (Fsp3) is 0.533. The van der Waals surface area contributed by atoms with Gasteiger partial charge in [-0.25, -0.2) is 4.39 Å². The summed E-state index contributed by atoms with van der Waals surface area (Å²) < 4.78 is 13.4. The van der Waals surface area contributed by atoms with Crippen molar-refractivity contribution in [3.05, 3.63) is 34.6 Å². The third-order valence-corrected chi connectivity index (χ3v) is 4.17. The number of carbonyl (C=O) groups is 1. The van der Waals surface area contributed by atoms with Gasteiger partial charge in [0.25, 0.3) is 0 Å². The number of amides is 1. The first kappa shape index (κ1) is 16.2. The number of benzene rings is 1. The van der Waals surface area contributed by atoms with E-state index in [4.69, 9.17) is 17.3 Å². The number of piperidine rings is 1. The largest absolute Gasteiger partial charge is 0.389 e. The Balaban J connectivity index is 1.97. The van der Waals surface area contributed by atoms with Crippen LogP contribution in [-0.4, -0.2) is 34.6 Å². The molecule has 0 bridgehead atoms. The quantitative estimate of drug-likeness (QED) is 0.874. The predicted octanol–water partition coefficient (Wildman–Crippen LogP) is 2.07. The second-order valence-electron chi connectivity index (χ2n) is 5.75. The first-order valence-electron chi connectivity index (χ1n) is 7.05. The molecular weight excluding hydrogens is 295 g/mol. The lowest BCUT2D eigenvalue weighted by Gasteiger charge is -2.39. The van der Waals surface area contributed by atoms with E-state index in [0.29, 0.717) is 25.9 Å². The Labute approximate surface area is 128 Å². The van der Waals surface area contributed by atoms with Crippen LogP contribution in [0.4, 0.5) is 4.39 Å². The topological polar surface area (TPSA) is 66.6 Å². The van der Waals surface area contributed by atoms with Gasteiger partial charge in [-0.1, -0.05) is 17.7 Å². The monoisotopic (exact) mass is 314 g/mol. The summed E-state index contributed by atoms with van der Waals surface area (Å²) in [5.41, 5.74) is 5.06. The third kappa shape index (κ3) is 4.66. The Kier molecular flexibility index (Phi) is 5.19. The van der Waals surface area contributed by atoms with Crippen molar-refractivity contribution < 1.29 is 14.3 Å². The Hall–Kier alpha value is -1.17. The molecule has 0 aliphatic carbocycles. The summed E-state index contributed by atoms with van der Waals surface area (Å²) in [6.45, 7) is 1.85. The second-order valence-corrected chi connectivity index (χ2v) is 6.16. The molecule has 0 spiro atoms. The Morgan fingerprint density at radius 3 is 2.95 bits per heavy atom. The molecule has 1 aliphatic rings. The highest BCUT2D eigenvalue weighted by Gasteiger charge is 2.33. The molecule has 1 amide bonds. The number of primary amides is 1. The van der Waals surface area contributed by atoms with Gasteiger partial charge in [0.1, 0.15) is 5.82 Å². The van der Waals surface area contributed by atoms with E-state index in [0.717, 1.165) is 18.5 Å². The molecule has 116 valence electrons. The zero-order chi connectivity index (χ0) is 15.5. The van der Waals surface area contributed by atoms with Crippen LogP contribution < -0.4 is 5.73 Å². The van der Waals surface area contributed by atoms with Crippen LogP contribution in [0.25, 0.3) is 0 Å². The first-order chi connectivity index (χ1) is 9.88. The summed E-state index contributed by atoms with van der Waals surface area (Å²) in [4.78, 5) is 12.9. The number of nitrogens with zero attached hydrogens (tertiary/aromatic N) is 1. The molecule has 1 unspecified atom stereocenters. The average molecular weight is 315 g/mol. The lowest BCUT2D eigenvalue weighted by molar-refractivity contribution is -0.120. The molecule has 1 heterocycles. The van der Waals surface area contributed by atoms with Crippen molar-refractivity contribution >= 4 is 17.5 Å². The maximum atomic E-state index is 13.4. The van der Waals surface area contributed by atoms with E-state index in [1.54, 1.807) is 6.07 Å². The van der Waals surface area contributed by atoms with Crippen molar-refractivity contribution in [2.75, 3.05) is 13.1 Å². The minimum atomic E-state index is -0.891. The molecule has 1 aromatic rings. The average Bonchev–Trinajstić information content (AvgIpc) is 2.41. The molecule has 6 heteroatoms. The van der Waals surface area contributed by atoms with Crippen molar-refractivity contribution in [1.29, 1.82) is 0 Å². The molecule has 3 N–H and O–H groups in total. The van der Waals surface area contributed by atoms with Gasteiger partial charge < -0.3 is 10.8 Å². The number of likely N-dealkylation sites (tertiary alicyclic amines) is 1. The molecular formula is C15H20ClFN2O2. The maximum absolute atomic E-state index is 13.4. The number of rotatable bonds is 5. The molecule has 4 nitrogen and oxygen atoms in total. The van der Waals surface area contributed by atoms with Gasteiger partial charge in [-0.15, -0.1) is 0 Å². The zero-order valence-electron chi connectivity index (χ0n) is 11.8. The zero-order valence-corrected chi connectivity index (χ0v) is 12.6. The molecule has 0 saturated carbocycles. The number of β-amino-alcohol motifs (C(OH)–C–C–N with tert-alkyl or cyclic N) is 1. The fourth-order valence-corrected chi connectivity index (χ4v) is 2.91. The summed E-state index contributed by atoms with van der Waals surface area (Å²) in [7, 11) is 0. The minimum Gasteiger partial charge on any atom is -0.389 e. The Bertz CT molecular complexity index is 526. The van der Waals surface area contributed by atoms with Gasteiger partial charge in [0.15, 0.2) is 0 Å². The predicted molar refractivity (Wildman–Crippen MR) is 79.3 cm³/mol. The van der Waals surface area contributed by atoms with Crippen molar-refractivity contribution in [3.8, 4) is 0 Å². The van der Waals surface area contributed by atoms with E-state index in [1.165, 1.54) is 12.1 Å². The van der Waals surface area contributed by atoms with Crippen molar-refractivity contribution in [3.63, 3.8) is 0 Å². The molecule has 1 aromatic carbocycles. The Morgan fingerprint density at radius 2 is 2.29 bits per heavy atom. The summed E-state index contributed by atoms with van der Waals surface area (Å²) in [6.07, 6.45) is 2.05. The highest BCUT2D eigenvalue weighted by Crippen LogP contribution is 2.27. The van der Waals surface area contributed by atoms with Crippen molar-refractivity contribution in [2.45, 2.75) is 37.8 Å². The molecule has 0 radical (unpaired) electrons. The van der Waals surface area contributed by atoms with Crippen LogP contribution >= 0.6 is 11.6 Å². The maximum Gasteiger partial charge on any atom is 0.217 e. The third-order valence-electron chi connectivity index (χ3n) is 3.86. The van der Waals surface area contributed by atoms with Crippen LogP contribution in [0.15, 0.2) is 18.2 Å². The van der Waals surface area contributed by atoms with Crippen LogP contribution in [0.2, 0.25) is 5.02 Å². The van der Waals surface area contributed by atoms with E-state index < -0.39 is 17.3 Å². The van der Waals surface area contributed by atoms with Crippen LogP contribution in [0.3, 0.4) is 0 Å². The van der Waals surface area contributed by atoms with E-state index in [9.17, 15) is 14.3 Å². The van der Waals surface area contributed by atoms with E-state index in [1.807, 2.05) is 0 Å². The van der Waals surface area contributed by atoms with Gasteiger partial charge in [0.2, 0.25) is 5.91 Å². The van der Waals surface area contributed by atoms with Crippen LogP contribution in [0, 0.1) is 5.82 Å². The lowest BCUT2D eigenvalue weighted by atomic mass is 9.88. The van der Waals surface area contributed by atoms with Gasteiger partial charge in [-0.2, -0.15) is 0 Å². The second kappa shape index (κ2) is 6.73. The minimum absolute atomic E-state index is 0.107. The highest BCUT2D eigenvalue weighted by molar-refractivity contribution is 6.30. The van der Waals surface area contributed by atoms with Gasteiger partial charge in [0, 0.05) is 19.5 Å². The molecule has 1 atom stereocenters. The molecule has 0 aromatic heterocycles. The van der Waals surface area contributed by atoms with E-state index >= 15 is 0 Å². The smallest absolute Gasteiger partial charge is 0.217 e. The number of aliphatic hydroxyl groups is 1. The van der Waals surface area contributed by atoms with E-state index in [2.05, 4.69) is 4.90 Å². The van der Waals surface area contributed by atoms with Crippen LogP contribution in [0.5, 0.6) is 0 Å². The van der Waals surface area contributed by atoms with E-state index in [-0.39, 0.29) is 11.4 Å². The Morgan fingerprint density at radius 1 is 1.52 bits per heavy atom. The summed E-state index contributed by atoms with van der Waals surface area (Å²) in [5.74, 6) is -0.838. The highest BCUT2D eigenvalue weighted by atomic mass is 35.5. The number of halogens is 2. The van der Waals surface area contributed by atoms with Gasteiger partial charge in [-0.3, -0.25) is 9.69 Å². The summed E-state index contributed by atoms with van der Waals surface area (Å²) >= 11 is 5.67. The number of carbonyl (C=O) groups excluding carboxylic acids is 1. The first-order valence-corrected chi connectivity index (χ1v) is 7.43. The van der Waals surface area contributed by atoms with Crippen LogP contribution in [0.1, 0.15) is 31.2 Å². The fourth-order valence-electron chi connectivity index (χ4n) is 2.80. The van der Waals surface area contributed by atoms with Crippen molar-refractivity contribution in [2.24, 2.45) is 5.73 Å². The van der Waals surface area contributed by atoms with Gasteiger partial charge in [-0.05, 0) is 43.5 Å². The summed E-state index contributed by atoms with van der Waals surface area (Å²) in [6, 6.07) is 4.73. The number of nitrogens with two attached hydrogens (primary N) is 1. The standard InChI is InChI=1S/C15H20ClFN2O2/c16-12-3-2-11(8-13(12)17)9-19-7-1-5-15(21,10-19)6-4-14(18)20/h2-3,8,21H,1,4-7,9-10H2,(H2,18,20). The summed E-state index contributed by atoms with van der Waals surface area (Å²) in [5, 5.41) is 10.6. The molecule has 2 rings (SSSR count). The number of hydrogen-bond donors (Lipinski definition) is 2. The molecule has 1 aliphatic heterocycles. The normalized spacial score (nSPS) is 23.2. The lowest BCUT2D eigenvalue weighted by Crippen LogP contribution is -2.48. The van der Waals surface area contributed by atoms with Gasteiger partial charge in [0.05, 0.1) is 10.6 Å². The molecule has 21 heavy (non-hydrogen) atoms.